The van der Waals surface area contributed by atoms with Crippen LogP contribution in [0.2, 0.25) is 0 Å². The molecular weight excluding hydrogens is 701 g/mol. The van der Waals surface area contributed by atoms with E-state index in [0.717, 1.165) is 38.8 Å². The Labute approximate surface area is 258 Å². The molecule has 1 N–H and O–H groups in total. The molecule has 0 radical (unpaired) electrons. The summed E-state index contributed by atoms with van der Waals surface area (Å²) in [7, 11) is 0. The molecule has 42 heavy (non-hydrogen) atoms. The van der Waals surface area contributed by atoms with E-state index in [9.17, 15) is 5.11 Å². The summed E-state index contributed by atoms with van der Waals surface area (Å²) in [6.45, 7) is 6.70. The first kappa shape index (κ1) is 27.7. The Hall–Kier alpha value is -4.47. The van der Waals surface area contributed by atoms with Crippen LogP contribution in [-0.2, 0) is 26.5 Å². The van der Waals surface area contributed by atoms with Gasteiger partial charge in [-0.05, 0) is 63.9 Å². The standard InChI is InChI=1S/C36H28N3O2.Pt/c1-36(2,3)28-12-9-13-29-34(28)27-17-16-26(22-30(27)39(29)32-14-7-8-19-37-32)41-33-18-15-24-20-25(21-31(40)35(24)38-33)23-10-5-4-6-11-23;/h4-21,40H,1-3H3;/q-1;. The van der Waals surface area contributed by atoms with Gasteiger partial charge < -0.3 is 14.4 Å². The van der Waals surface area contributed by atoms with Gasteiger partial charge in [0.25, 0.3) is 0 Å². The molecule has 7 aromatic rings. The van der Waals surface area contributed by atoms with Crippen molar-refractivity contribution in [3.05, 3.63) is 121 Å². The van der Waals surface area contributed by atoms with Crippen LogP contribution in [0.1, 0.15) is 26.3 Å². The van der Waals surface area contributed by atoms with Crippen LogP contribution in [0.4, 0.5) is 0 Å². The molecular formula is C36H28N3O2Pt-. The van der Waals surface area contributed by atoms with E-state index in [1.165, 1.54) is 10.9 Å². The molecule has 0 amide bonds. The Morgan fingerprint density at radius 2 is 1.62 bits per heavy atom. The molecule has 5 nitrogen and oxygen atoms in total. The molecule has 0 saturated heterocycles. The van der Waals surface area contributed by atoms with Crippen LogP contribution in [0.25, 0.3) is 49.7 Å². The van der Waals surface area contributed by atoms with E-state index >= 15 is 0 Å². The maximum absolute atomic E-state index is 10.8. The van der Waals surface area contributed by atoms with Gasteiger partial charge in [0.1, 0.15) is 17.1 Å². The number of aromatic nitrogens is 3. The van der Waals surface area contributed by atoms with Gasteiger partial charge in [0, 0.05) is 50.0 Å². The summed E-state index contributed by atoms with van der Waals surface area (Å²) < 4.78 is 8.37. The van der Waals surface area contributed by atoms with Crippen molar-refractivity contribution in [3.8, 4) is 34.3 Å². The molecule has 0 atom stereocenters. The van der Waals surface area contributed by atoms with Gasteiger partial charge in [-0.25, -0.2) is 9.97 Å². The third-order valence-electron chi connectivity index (χ3n) is 7.43. The molecule has 0 unspecified atom stereocenters. The van der Waals surface area contributed by atoms with E-state index in [4.69, 9.17) is 4.74 Å². The summed E-state index contributed by atoms with van der Waals surface area (Å²) in [5, 5.41) is 13.9. The number of hydrogen-bond donors (Lipinski definition) is 1. The van der Waals surface area contributed by atoms with Gasteiger partial charge in [-0.3, -0.25) is 0 Å². The smallest absolute Gasteiger partial charge is 0.217 e. The minimum atomic E-state index is -0.0463. The third-order valence-corrected chi connectivity index (χ3v) is 7.43. The number of aromatic hydroxyl groups is 1. The topological polar surface area (TPSA) is 60.2 Å². The van der Waals surface area contributed by atoms with Gasteiger partial charge in [-0.2, -0.15) is 6.07 Å². The van der Waals surface area contributed by atoms with E-state index in [-0.39, 0.29) is 32.2 Å². The second-order valence-corrected chi connectivity index (χ2v) is 11.2. The van der Waals surface area contributed by atoms with Gasteiger partial charge in [0.15, 0.2) is 0 Å². The second-order valence-electron chi connectivity index (χ2n) is 11.2. The van der Waals surface area contributed by atoms with Crippen molar-refractivity contribution >= 4 is 32.7 Å². The van der Waals surface area contributed by atoms with Crippen molar-refractivity contribution in [1.82, 2.24) is 14.5 Å². The van der Waals surface area contributed by atoms with Crippen LogP contribution in [0.15, 0.2) is 109 Å². The van der Waals surface area contributed by atoms with Crippen molar-refractivity contribution in [2.24, 2.45) is 0 Å². The van der Waals surface area contributed by atoms with Crippen molar-refractivity contribution in [2.75, 3.05) is 0 Å². The van der Waals surface area contributed by atoms with Gasteiger partial charge in [0.05, 0.1) is 0 Å². The Balaban J connectivity index is 0.00000316. The summed E-state index contributed by atoms with van der Waals surface area (Å²) >= 11 is 0. The molecule has 4 aromatic carbocycles. The number of ether oxygens (including phenoxy) is 1. The minimum Gasteiger partial charge on any atom is -0.506 e. The summed E-state index contributed by atoms with van der Waals surface area (Å²) in [5.41, 5.74) is 5.62. The maximum Gasteiger partial charge on any atom is 0.217 e. The predicted octanol–water partition coefficient (Wildman–Crippen LogP) is 8.99. The van der Waals surface area contributed by atoms with E-state index in [1.807, 2.05) is 72.8 Å². The molecule has 6 heteroatoms. The first-order chi connectivity index (χ1) is 19.9. The van der Waals surface area contributed by atoms with Crippen molar-refractivity contribution in [2.45, 2.75) is 26.2 Å². The average Bonchev–Trinajstić information content (AvgIpc) is 3.31. The first-order valence-electron chi connectivity index (χ1n) is 13.7. The van der Waals surface area contributed by atoms with Crippen molar-refractivity contribution in [1.29, 1.82) is 0 Å². The van der Waals surface area contributed by atoms with Crippen LogP contribution < -0.4 is 4.74 Å². The van der Waals surface area contributed by atoms with Crippen LogP contribution in [0.5, 0.6) is 17.4 Å². The summed E-state index contributed by atoms with van der Waals surface area (Å²) in [6, 6.07) is 37.3. The van der Waals surface area contributed by atoms with E-state index in [2.05, 4.69) is 65.6 Å². The fraction of sp³-hybridized carbons (Fsp3) is 0.111. The number of phenols is 1. The van der Waals surface area contributed by atoms with E-state index in [0.29, 0.717) is 17.1 Å². The Morgan fingerprint density at radius 1 is 0.810 bits per heavy atom. The van der Waals surface area contributed by atoms with Crippen LogP contribution >= 0.6 is 0 Å². The Morgan fingerprint density at radius 3 is 2.38 bits per heavy atom. The molecule has 0 aliphatic rings. The van der Waals surface area contributed by atoms with Gasteiger partial charge in [-0.15, -0.1) is 17.5 Å². The molecule has 7 rings (SSSR count). The SMILES string of the molecule is CC(C)(C)c1cccc2c1c1ccc(Oc3ccc4cc(-c5ccccc5)cc(O)c4n3)[c-]c1n2-c1ccccn1.[Pt]. The molecule has 0 saturated carbocycles. The molecule has 0 bridgehead atoms. The van der Waals surface area contributed by atoms with Crippen LogP contribution in [0.3, 0.4) is 0 Å². The number of hydrogen-bond acceptors (Lipinski definition) is 4. The van der Waals surface area contributed by atoms with Gasteiger partial charge in [0.2, 0.25) is 5.88 Å². The molecule has 3 heterocycles. The zero-order valence-electron chi connectivity index (χ0n) is 23.4. The Kier molecular flexibility index (Phi) is 7.08. The molecule has 0 aliphatic carbocycles. The fourth-order valence-corrected chi connectivity index (χ4v) is 5.55. The maximum atomic E-state index is 10.8. The van der Waals surface area contributed by atoms with Crippen LogP contribution in [0, 0.1) is 6.07 Å². The minimum absolute atomic E-state index is 0. The zero-order chi connectivity index (χ0) is 28.1. The van der Waals surface area contributed by atoms with Crippen molar-refractivity contribution < 1.29 is 30.9 Å². The number of rotatable bonds is 4. The number of phenolic OH excluding ortho intramolecular Hbond substituents is 1. The summed E-state index contributed by atoms with van der Waals surface area (Å²) in [4.78, 5) is 9.31. The van der Waals surface area contributed by atoms with E-state index in [1.54, 1.807) is 12.3 Å². The third kappa shape index (κ3) is 4.84. The molecule has 0 fully saturated rings. The van der Waals surface area contributed by atoms with Crippen LogP contribution in [-0.4, -0.2) is 19.6 Å². The molecule has 0 aliphatic heterocycles. The fourth-order valence-electron chi connectivity index (χ4n) is 5.55. The number of nitrogens with zero attached hydrogens (tertiary/aromatic N) is 3. The van der Waals surface area contributed by atoms with Gasteiger partial charge in [-0.1, -0.05) is 74.8 Å². The predicted molar refractivity (Wildman–Crippen MR) is 165 cm³/mol. The van der Waals surface area contributed by atoms with E-state index < -0.39 is 0 Å². The summed E-state index contributed by atoms with van der Waals surface area (Å²) in [6.07, 6.45) is 1.80. The number of benzene rings is 4. The van der Waals surface area contributed by atoms with Crippen molar-refractivity contribution in [3.63, 3.8) is 0 Å². The Bertz CT molecular complexity index is 2060. The van der Waals surface area contributed by atoms with Gasteiger partial charge >= 0.3 is 0 Å². The normalized spacial score (nSPS) is 11.6. The number of fused-ring (bicyclic) bond motifs is 4. The molecule has 3 aromatic heterocycles. The first-order valence-corrected chi connectivity index (χ1v) is 13.7. The second kappa shape index (κ2) is 10.7. The average molecular weight is 730 g/mol. The molecule has 0 spiro atoms. The molecule has 210 valence electrons. The monoisotopic (exact) mass is 729 g/mol. The quantitative estimate of drug-likeness (QED) is 0.184. The summed E-state index contributed by atoms with van der Waals surface area (Å²) in [5.74, 6) is 1.83. The number of pyridine rings is 2. The zero-order valence-corrected chi connectivity index (χ0v) is 25.7. The largest absolute Gasteiger partial charge is 0.506 e.